The molecule has 2 aromatic carbocycles. The number of nitrogens with one attached hydrogen (secondary N) is 1. The topological polar surface area (TPSA) is 58.6 Å². The van der Waals surface area contributed by atoms with Crippen molar-refractivity contribution in [2.24, 2.45) is 0 Å². The Balaban J connectivity index is 2.12. The van der Waals surface area contributed by atoms with Gasteiger partial charge in [0.25, 0.3) is 5.91 Å². The molecule has 0 aliphatic carbocycles. The standard InChI is InChI=1S/C27H38N2O3/c1-6-8-18-28-26(31)24(7-2)29(19-21-12-10-9-11-13-21)25(30)20-32-23-16-14-22(15-17-23)27(3,4)5/h9-17,24H,6-8,18-20H2,1-5H3,(H,28,31). The lowest BCUT2D eigenvalue weighted by Gasteiger charge is -2.30. The highest BCUT2D eigenvalue weighted by molar-refractivity contribution is 5.88. The Morgan fingerprint density at radius 1 is 1.00 bits per heavy atom. The van der Waals surface area contributed by atoms with E-state index in [1.54, 1.807) is 4.90 Å². The number of amides is 2. The minimum Gasteiger partial charge on any atom is -0.484 e. The molecule has 0 saturated heterocycles. The first-order valence-electron chi connectivity index (χ1n) is 11.6. The Morgan fingerprint density at radius 2 is 1.66 bits per heavy atom. The minimum atomic E-state index is -0.536. The number of ether oxygens (including phenoxy) is 1. The molecule has 1 unspecified atom stereocenters. The van der Waals surface area contributed by atoms with Crippen molar-refractivity contribution >= 4 is 11.8 Å². The smallest absolute Gasteiger partial charge is 0.261 e. The molecular formula is C27H38N2O3. The molecule has 2 amide bonds. The highest BCUT2D eigenvalue weighted by Gasteiger charge is 2.28. The molecule has 174 valence electrons. The largest absolute Gasteiger partial charge is 0.484 e. The first-order valence-corrected chi connectivity index (χ1v) is 11.6. The van der Waals surface area contributed by atoms with Gasteiger partial charge in [0.1, 0.15) is 11.8 Å². The Morgan fingerprint density at radius 3 is 2.22 bits per heavy atom. The van der Waals surface area contributed by atoms with E-state index in [1.165, 1.54) is 5.56 Å². The molecule has 0 bridgehead atoms. The fourth-order valence-electron chi connectivity index (χ4n) is 3.48. The van der Waals surface area contributed by atoms with Gasteiger partial charge in [-0.25, -0.2) is 0 Å². The van der Waals surface area contributed by atoms with Crippen molar-refractivity contribution in [1.29, 1.82) is 0 Å². The van der Waals surface area contributed by atoms with Crippen molar-refractivity contribution in [3.8, 4) is 5.75 Å². The van der Waals surface area contributed by atoms with E-state index in [9.17, 15) is 9.59 Å². The van der Waals surface area contributed by atoms with Crippen molar-refractivity contribution < 1.29 is 14.3 Å². The number of hydrogen-bond acceptors (Lipinski definition) is 3. The summed E-state index contributed by atoms with van der Waals surface area (Å²) in [5.41, 5.74) is 2.24. The zero-order valence-electron chi connectivity index (χ0n) is 20.2. The van der Waals surface area contributed by atoms with Crippen molar-refractivity contribution in [3.63, 3.8) is 0 Å². The summed E-state index contributed by atoms with van der Waals surface area (Å²) in [6.45, 7) is 11.4. The van der Waals surface area contributed by atoms with Crippen molar-refractivity contribution in [2.75, 3.05) is 13.2 Å². The lowest BCUT2D eigenvalue weighted by molar-refractivity contribution is -0.143. The van der Waals surface area contributed by atoms with Crippen molar-refractivity contribution in [2.45, 2.75) is 71.9 Å². The van der Waals surface area contributed by atoms with E-state index in [-0.39, 0.29) is 23.8 Å². The maximum Gasteiger partial charge on any atom is 0.261 e. The van der Waals surface area contributed by atoms with Crippen molar-refractivity contribution in [1.82, 2.24) is 10.2 Å². The minimum absolute atomic E-state index is 0.0559. The van der Waals surface area contributed by atoms with Crippen LogP contribution in [0.25, 0.3) is 0 Å². The number of carbonyl (C=O) groups excluding carboxylic acids is 2. The predicted molar refractivity (Wildman–Crippen MR) is 130 cm³/mol. The van der Waals surface area contributed by atoms with Gasteiger partial charge in [-0.05, 0) is 41.5 Å². The summed E-state index contributed by atoms with van der Waals surface area (Å²) in [4.78, 5) is 27.7. The Kier molecular flexibility index (Phi) is 9.76. The number of benzene rings is 2. The fraction of sp³-hybridized carbons (Fsp3) is 0.481. The second kappa shape index (κ2) is 12.3. The summed E-state index contributed by atoms with van der Waals surface area (Å²) in [6, 6.07) is 17.0. The number of unbranched alkanes of at least 4 members (excludes halogenated alkanes) is 1. The van der Waals surface area contributed by atoms with Crippen LogP contribution in [-0.2, 0) is 21.5 Å². The molecule has 0 saturated carbocycles. The molecule has 2 rings (SSSR count). The molecule has 0 aliphatic heterocycles. The summed E-state index contributed by atoms with van der Waals surface area (Å²) >= 11 is 0. The fourth-order valence-corrected chi connectivity index (χ4v) is 3.48. The summed E-state index contributed by atoms with van der Waals surface area (Å²) in [5.74, 6) is 0.331. The summed E-state index contributed by atoms with van der Waals surface area (Å²) in [5, 5.41) is 2.98. The van der Waals surface area contributed by atoms with E-state index in [0.717, 1.165) is 18.4 Å². The molecule has 0 aliphatic rings. The number of carbonyl (C=O) groups is 2. The van der Waals surface area contributed by atoms with Gasteiger partial charge in [0.2, 0.25) is 5.91 Å². The maximum absolute atomic E-state index is 13.2. The second-order valence-electron chi connectivity index (χ2n) is 9.14. The molecule has 32 heavy (non-hydrogen) atoms. The van der Waals surface area contributed by atoms with Crippen LogP contribution in [0.3, 0.4) is 0 Å². The zero-order chi connectivity index (χ0) is 23.6. The Hall–Kier alpha value is -2.82. The molecule has 1 N–H and O–H groups in total. The summed E-state index contributed by atoms with van der Waals surface area (Å²) in [6.07, 6.45) is 2.46. The number of nitrogens with zero attached hydrogens (tertiary/aromatic N) is 1. The highest BCUT2D eigenvalue weighted by Crippen LogP contribution is 2.24. The maximum atomic E-state index is 13.2. The molecule has 5 nitrogen and oxygen atoms in total. The third-order valence-electron chi connectivity index (χ3n) is 5.49. The van der Waals surface area contributed by atoms with Gasteiger partial charge in [0.15, 0.2) is 6.61 Å². The van der Waals surface area contributed by atoms with Gasteiger partial charge in [0.05, 0.1) is 0 Å². The quantitative estimate of drug-likeness (QED) is 0.497. The van der Waals surface area contributed by atoms with Gasteiger partial charge in [-0.15, -0.1) is 0 Å². The van der Waals surface area contributed by atoms with Crippen LogP contribution in [0.4, 0.5) is 0 Å². The van der Waals surface area contributed by atoms with E-state index >= 15 is 0 Å². The number of hydrogen-bond donors (Lipinski definition) is 1. The predicted octanol–water partition coefficient (Wildman–Crippen LogP) is 5.09. The van der Waals surface area contributed by atoms with Crippen LogP contribution in [0.15, 0.2) is 54.6 Å². The van der Waals surface area contributed by atoms with Crippen LogP contribution < -0.4 is 10.1 Å². The summed E-state index contributed by atoms with van der Waals surface area (Å²) in [7, 11) is 0. The average Bonchev–Trinajstić information content (AvgIpc) is 2.78. The van der Waals surface area contributed by atoms with E-state index in [2.05, 4.69) is 33.0 Å². The van der Waals surface area contributed by atoms with E-state index in [1.807, 2.05) is 61.5 Å². The SMILES string of the molecule is CCCCNC(=O)C(CC)N(Cc1ccccc1)C(=O)COc1ccc(C(C)(C)C)cc1. The monoisotopic (exact) mass is 438 g/mol. The molecule has 0 spiro atoms. The average molecular weight is 439 g/mol. The summed E-state index contributed by atoms with van der Waals surface area (Å²) < 4.78 is 5.80. The lowest BCUT2D eigenvalue weighted by Crippen LogP contribution is -2.50. The molecule has 0 radical (unpaired) electrons. The molecule has 2 aromatic rings. The van der Waals surface area contributed by atoms with E-state index in [0.29, 0.717) is 25.3 Å². The molecule has 0 heterocycles. The first kappa shape index (κ1) is 25.4. The van der Waals surface area contributed by atoms with Gasteiger partial charge in [0, 0.05) is 13.1 Å². The Labute approximate surface area is 193 Å². The molecular weight excluding hydrogens is 400 g/mol. The van der Waals surface area contributed by atoms with Gasteiger partial charge in [-0.1, -0.05) is 83.5 Å². The van der Waals surface area contributed by atoms with Gasteiger partial charge in [-0.2, -0.15) is 0 Å². The van der Waals surface area contributed by atoms with Crippen LogP contribution in [0, 0.1) is 0 Å². The number of rotatable bonds is 11. The highest BCUT2D eigenvalue weighted by atomic mass is 16.5. The molecule has 0 fully saturated rings. The van der Waals surface area contributed by atoms with Gasteiger partial charge >= 0.3 is 0 Å². The third kappa shape index (κ3) is 7.70. The third-order valence-corrected chi connectivity index (χ3v) is 5.49. The van der Waals surface area contributed by atoms with Gasteiger partial charge < -0.3 is 15.0 Å². The normalized spacial score (nSPS) is 12.2. The van der Waals surface area contributed by atoms with Crippen LogP contribution in [0.2, 0.25) is 0 Å². The molecule has 5 heteroatoms. The van der Waals surface area contributed by atoms with E-state index < -0.39 is 6.04 Å². The molecule has 1 atom stereocenters. The Bertz CT molecular complexity index is 841. The molecule has 0 aromatic heterocycles. The lowest BCUT2D eigenvalue weighted by atomic mass is 9.87. The van der Waals surface area contributed by atoms with Crippen LogP contribution >= 0.6 is 0 Å². The zero-order valence-corrected chi connectivity index (χ0v) is 20.2. The second-order valence-corrected chi connectivity index (χ2v) is 9.14. The van der Waals surface area contributed by atoms with Crippen LogP contribution in [0.5, 0.6) is 5.75 Å². The van der Waals surface area contributed by atoms with Crippen molar-refractivity contribution in [3.05, 3.63) is 65.7 Å². The van der Waals surface area contributed by atoms with Gasteiger partial charge in [-0.3, -0.25) is 9.59 Å². The van der Waals surface area contributed by atoms with Crippen LogP contribution in [0.1, 0.15) is 65.0 Å². The van der Waals surface area contributed by atoms with Crippen LogP contribution in [-0.4, -0.2) is 35.9 Å². The first-order chi connectivity index (χ1) is 15.3. The van der Waals surface area contributed by atoms with E-state index in [4.69, 9.17) is 4.74 Å².